The van der Waals surface area contributed by atoms with E-state index >= 15 is 0 Å². The van der Waals surface area contributed by atoms with Crippen LogP contribution in [0, 0.1) is 10.5 Å². The molecule has 2 aromatic rings. The fraction of sp³-hybridized carbons (Fsp3) is 0.231. The van der Waals surface area contributed by atoms with Crippen LogP contribution in [0.2, 0.25) is 5.02 Å². The molecule has 0 bridgehead atoms. The van der Waals surface area contributed by atoms with Crippen LogP contribution >= 0.6 is 23.8 Å². The van der Waals surface area contributed by atoms with Crippen molar-refractivity contribution in [2.45, 2.75) is 19.8 Å². The van der Waals surface area contributed by atoms with Gasteiger partial charge in [-0.05, 0) is 24.1 Å². The van der Waals surface area contributed by atoms with E-state index < -0.39 is 0 Å². The molecule has 1 aromatic carbocycles. The number of hydrogen-bond donors (Lipinski definition) is 1. The average molecular weight is 283 g/mol. The van der Waals surface area contributed by atoms with E-state index in [1.807, 2.05) is 13.8 Å². The zero-order valence-corrected chi connectivity index (χ0v) is 11.6. The summed E-state index contributed by atoms with van der Waals surface area (Å²) in [5.41, 5.74) is 2.21. The van der Waals surface area contributed by atoms with Gasteiger partial charge in [0.1, 0.15) is 10.5 Å². The predicted octanol–water partition coefficient (Wildman–Crippen LogP) is 4.72. The third-order valence-electron chi connectivity index (χ3n) is 2.67. The minimum absolute atomic E-state index is 0.178. The second-order valence-electron chi connectivity index (χ2n) is 4.28. The van der Waals surface area contributed by atoms with Crippen LogP contribution < -0.4 is 0 Å². The Morgan fingerprint density at radius 3 is 2.78 bits per heavy atom. The Kier molecular flexibility index (Phi) is 3.78. The van der Waals surface area contributed by atoms with Crippen LogP contribution in [0.25, 0.3) is 11.3 Å². The molecular formula is C13H12ClFN2S. The van der Waals surface area contributed by atoms with Gasteiger partial charge in [-0.1, -0.05) is 37.7 Å². The fourth-order valence-corrected chi connectivity index (χ4v) is 2.46. The van der Waals surface area contributed by atoms with Crippen molar-refractivity contribution in [1.29, 1.82) is 0 Å². The molecule has 1 aromatic heterocycles. The third-order valence-corrected chi connectivity index (χ3v) is 3.32. The first-order valence-corrected chi connectivity index (χ1v) is 6.32. The molecule has 5 heteroatoms. The fourth-order valence-electron chi connectivity index (χ4n) is 1.86. The molecule has 18 heavy (non-hydrogen) atoms. The van der Waals surface area contributed by atoms with Gasteiger partial charge in [-0.2, -0.15) is 0 Å². The van der Waals surface area contributed by atoms with E-state index in [9.17, 15) is 4.39 Å². The Bertz CT molecular complexity index is 637. The van der Waals surface area contributed by atoms with Gasteiger partial charge in [0, 0.05) is 11.1 Å². The number of aromatic nitrogens is 2. The summed E-state index contributed by atoms with van der Waals surface area (Å²) in [6, 6.07) is 4.26. The number of nitrogens with zero attached hydrogens (tertiary/aromatic N) is 1. The van der Waals surface area contributed by atoms with Gasteiger partial charge in [-0.25, -0.2) is 9.37 Å². The van der Waals surface area contributed by atoms with Gasteiger partial charge >= 0.3 is 0 Å². The second-order valence-corrected chi connectivity index (χ2v) is 5.07. The van der Waals surface area contributed by atoms with E-state index in [0.29, 0.717) is 15.2 Å². The van der Waals surface area contributed by atoms with E-state index in [1.165, 1.54) is 24.5 Å². The van der Waals surface area contributed by atoms with Crippen molar-refractivity contribution < 1.29 is 4.39 Å². The topological polar surface area (TPSA) is 28.7 Å². The number of rotatable bonds is 2. The van der Waals surface area contributed by atoms with E-state index in [4.69, 9.17) is 23.8 Å². The molecule has 0 fully saturated rings. The number of aromatic amines is 1. The van der Waals surface area contributed by atoms with Gasteiger partial charge < -0.3 is 4.98 Å². The maximum Gasteiger partial charge on any atom is 0.133 e. The summed E-state index contributed by atoms with van der Waals surface area (Å²) in [6.45, 7) is 4.02. The number of halogens is 2. The van der Waals surface area contributed by atoms with Crippen molar-refractivity contribution in [2.75, 3.05) is 0 Å². The Hall–Kier alpha value is -1.26. The summed E-state index contributed by atoms with van der Waals surface area (Å²) in [6.07, 6.45) is 1.50. The van der Waals surface area contributed by atoms with E-state index in [-0.39, 0.29) is 11.7 Å². The predicted molar refractivity (Wildman–Crippen MR) is 73.9 cm³/mol. The highest BCUT2D eigenvalue weighted by atomic mass is 35.5. The summed E-state index contributed by atoms with van der Waals surface area (Å²) in [5.74, 6) is -0.156. The van der Waals surface area contributed by atoms with Crippen LogP contribution in [0.15, 0.2) is 24.5 Å². The molecule has 1 heterocycles. The molecule has 0 radical (unpaired) electrons. The summed E-state index contributed by atoms with van der Waals surface area (Å²) in [5, 5.41) is 0.482. The molecule has 94 valence electrons. The van der Waals surface area contributed by atoms with Crippen LogP contribution in [-0.4, -0.2) is 9.97 Å². The molecule has 0 aliphatic heterocycles. The zero-order valence-electron chi connectivity index (χ0n) is 10.00. The minimum Gasteiger partial charge on any atom is -0.345 e. The van der Waals surface area contributed by atoms with E-state index in [2.05, 4.69) is 9.97 Å². The largest absolute Gasteiger partial charge is 0.345 e. The zero-order chi connectivity index (χ0) is 13.3. The Morgan fingerprint density at radius 2 is 2.11 bits per heavy atom. The van der Waals surface area contributed by atoms with Crippen LogP contribution in [0.4, 0.5) is 4.39 Å². The van der Waals surface area contributed by atoms with Gasteiger partial charge in [0.05, 0.1) is 17.0 Å². The Morgan fingerprint density at radius 1 is 1.39 bits per heavy atom. The molecule has 0 saturated carbocycles. The van der Waals surface area contributed by atoms with Crippen molar-refractivity contribution in [1.82, 2.24) is 9.97 Å². The molecule has 1 N–H and O–H groups in total. The van der Waals surface area contributed by atoms with Crippen LogP contribution in [0.1, 0.15) is 25.3 Å². The lowest BCUT2D eigenvalue weighted by molar-refractivity contribution is 0.628. The van der Waals surface area contributed by atoms with E-state index in [0.717, 1.165) is 11.3 Å². The van der Waals surface area contributed by atoms with Gasteiger partial charge in [0.2, 0.25) is 0 Å². The lowest BCUT2D eigenvalue weighted by Crippen LogP contribution is -1.99. The maximum absolute atomic E-state index is 13.4. The molecular weight excluding hydrogens is 271 g/mol. The lowest BCUT2D eigenvalue weighted by Gasteiger charge is -2.13. The van der Waals surface area contributed by atoms with Crippen molar-refractivity contribution in [3.05, 3.63) is 45.6 Å². The quantitative estimate of drug-likeness (QED) is 0.807. The molecule has 0 spiro atoms. The molecule has 0 unspecified atom stereocenters. The molecule has 0 aliphatic carbocycles. The minimum atomic E-state index is -0.333. The van der Waals surface area contributed by atoms with E-state index in [1.54, 1.807) is 0 Å². The molecule has 0 aliphatic rings. The monoisotopic (exact) mass is 282 g/mol. The molecule has 2 nitrogen and oxygen atoms in total. The lowest BCUT2D eigenvalue weighted by atomic mass is 9.98. The van der Waals surface area contributed by atoms with Crippen molar-refractivity contribution in [2.24, 2.45) is 0 Å². The highest BCUT2D eigenvalue weighted by Gasteiger charge is 2.14. The summed E-state index contributed by atoms with van der Waals surface area (Å²) in [4.78, 5) is 7.08. The highest BCUT2D eigenvalue weighted by molar-refractivity contribution is 7.71. The second kappa shape index (κ2) is 5.16. The first-order valence-electron chi connectivity index (χ1n) is 5.53. The average Bonchev–Trinajstić information content (AvgIpc) is 2.31. The SMILES string of the molecule is CC(C)c1c(-c2cc(F)ccc2Cl)[nH]cnc1=S. The first-order chi connectivity index (χ1) is 8.50. The van der Waals surface area contributed by atoms with Gasteiger partial charge in [0.15, 0.2) is 0 Å². The van der Waals surface area contributed by atoms with Gasteiger partial charge in [-0.15, -0.1) is 0 Å². The standard InChI is InChI=1S/C13H12ClFN2S/c1-7(2)11-12(16-6-17-13(11)18)9-5-8(15)3-4-10(9)14/h3-7H,1-2H3,(H,16,17,18). The third kappa shape index (κ3) is 2.44. The molecule has 0 saturated heterocycles. The highest BCUT2D eigenvalue weighted by Crippen LogP contribution is 2.32. The smallest absolute Gasteiger partial charge is 0.133 e. The molecule has 0 amide bonds. The van der Waals surface area contributed by atoms with Crippen LogP contribution in [-0.2, 0) is 0 Å². The number of hydrogen-bond acceptors (Lipinski definition) is 2. The number of nitrogens with one attached hydrogen (secondary N) is 1. The normalized spacial score (nSPS) is 10.9. The molecule has 2 rings (SSSR count). The first kappa shape index (κ1) is 13.2. The number of H-pyrrole nitrogens is 1. The summed E-state index contributed by atoms with van der Waals surface area (Å²) < 4.78 is 13.9. The van der Waals surface area contributed by atoms with Crippen molar-refractivity contribution in [3.63, 3.8) is 0 Å². The maximum atomic E-state index is 13.4. The molecule has 0 atom stereocenters. The van der Waals surface area contributed by atoms with Crippen molar-refractivity contribution in [3.8, 4) is 11.3 Å². The van der Waals surface area contributed by atoms with Crippen molar-refractivity contribution >= 4 is 23.8 Å². The summed E-state index contributed by atoms with van der Waals surface area (Å²) >= 11 is 11.3. The van der Waals surface area contributed by atoms with Crippen LogP contribution in [0.5, 0.6) is 0 Å². The summed E-state index contributed by atoms with van der Waals surface area (Å²) in [7, 11) is 0. The number of benzene rings is 1. The van der Waals surface area contributed by atoms with Crippen LogP contribution in [0.3, 0.4) is 0 Å². The Balaban J connectivity index is 2.75. The Labute approximate surface area is 115 Å². The van der Waals surface area contributed by atoms with Gasteiger partial charge in [0.25, 0.3) is 0 Å². The van der Waals surface area contributed by atoms with Gasteiger partial charge in [-0.3, -0.25) is 0 Å².